The smallest absolute Gasteiger partial charge is 0.407 e. The predicted molar refractivity (Wildman–Crippen MR) is 41.7 cm³/mol. The highest BCUT2D eigenvalue weighted by atomic mass is 16.4. The van der Waals surface area contributed by atoms with Crippen molar-refractivity contribution in [2.75, 3.05) is 13.1 Å². The molecule has 4 nitrogen and oxygen atoms in total. The number of amides is 1. The number of hydrogen-bond donors (Lipinski definition) is 2. The summed E-state index contributed by atoms with van der Waals surface area (Å²) in [6, 6.07) is 0.546. The fourth-order valence-electron chi connectivity index (χ4n) is 1.48. The van der Waals surface area contributed by atoms with Gasteiger partial charge in [-0.25, -0.2) is 4.79 Å². The third-order valence-corrected chi connectivity index (χ3v) is 1.83. The molecular formula is C7H14N2O2. The lowest BCUT2D eigenvalue weighted by molar-refractivity contribution is 0.120. The van der Waals surface area contributed by atoms with Crippen LogP contribution in [-0.4, -0.2) is 41.3 Å². The molecule has 1 saturated heterocycles. The Labute approximate surface area is 66.2 Å². The van der Waals surface area contributed by atoms with E-state index in [1.165, 1.54) is 4.90 Å². The molecule has 2 N–H and O–H groups in total. The fraction of sp³-hybridized carbons (Fsp3) is 0.857. The van der Waals surface area contributed by atoms with Gasteiger partial charge in [-0.05, 0) is 13.8 Å². The molecule has 1 aliphatic rings. The Morgan fingerprint density at radius 2 is 1.91 bits per heavy atom. The van der Waals surface area contributed by atoms with Crippen LogP contribution >= 0.6 is 0 Å². The van der Waals surface area contributed by atoms with Crippen LogP contribution in [0.5, 0.6) is 0 Å². The maximum Gasteiger partial charge on any atom is 0.407 e. The Bertz CT molecular complexity index is 151. The number of carbonyl (C=O) groups is 1. The van der Waals surface area contributed by atoms with E-state index in [4.69, 9.17) is 5.11 Å². The molecule has 1 aliphatic heterocycles. The number of carboxylic acid groups (broad SMARTS) is 1. The van der Waals surface area contributed by atoms with Gasteiger partial charge in [0.15, 0.2) is 0 Å². The molecule has 0 spiro atoms. The fourth-order valence-corrected chi connectivity index (χ4v) is 1.48. The molecule has 64 valence electrons. The van der Waals surface area contributed by atoms with Crippen molar-refractivity contribution in [3.8, 4) is 0 Å². The molecule has 2 unspecified atom stereocenters. The van der Waals surface area contributed by atoms with Gasteiger partial charge in [0.1, 0.15) is 0 Å². The number of nitrogens with one attached hydrogen (secondary N) is 1. The van der Waals surface area contributed by atoms with E-state index in [-0.39, 0.29) is 12.1 Å². The quantitative estimate of drug-likeness (QED) is 0.534. The van der Waals surface area contributed by atoms with Crippen molar-refractivity contribution in [3.63, 3.8) is 0 Å². The molecule has 0 aliphatic carbocycles. The van der Waals surface area contributed by atoms with Gasteiger partial charge < -0.3 is 15.3 Å². The Morgan fingerprint density at radius 1 is 1.45 bits per heavy atom. The second-order valence-electron chi connectivity index (χ2n) is 3.16. The van der Waals surface area contributed by atoms with Crippen LogP contribution in [0.3, 0.4) is 0 Å². The highest BCUT2D eigenvalue weighted by molar-refractivity contribution is 5.65. The average molecular weight is 158 g/mol. The van der Waals surface area contributed by atoms with Gasteiger partial charge in [0.2, 0.25) is 0 Å². The summed E-state index contributed by atoms with van der Waals surface area (Å²) in [5.41, 5.74) is 0. The second-order valence-corrected chi connectivity index (χ2v) is 3.16. The predicted octanol–water partition coefficient (Wildman–Crippen LogP) is 0.347. The lowest BCUT2D eigenvalue weighted by atomic mass is 10.2. The lowest BCUT2D eigenvalue weighted by Gasteiger charge is -2.34. The molecule has 1 heterocycles. The van der Waals surface area contributed by atoms with Gasteiger partial charge in [-0.1, -0.05) is 0 Å². The van der Waals surface area contributed by atoms with E-state index in [2.05, 4.69) is 5.32 Å². The van der Waals surface area contributed by atoms with E-state index < -0.39 is 6.09 Å². The van der Waals surface area contributed by atoms with E-state index >= 15 is 0 Å². The molecule has 1 fully saturated rings. The van der Waals surface area contributed by atoms with Crippen molar-refractivity contribution in [1.29, 1.82) is 0 Å². The van der Waals surface area contributed by atoms with E-state index in [1.807, 2.05) is 13.8 Å². The average Bonchev–Trinajstić information content (AvgIpc) is 1.85. The highest BCUT2D eigenvalue weighted by Crippen LogP contribution is 2.03. The van der Waals surface area contributed by atoms with E-state index in [0.717, 1.165) is 0 Å². The molecule has 0 aromatic rings. The van der Waals surface area contributed by atoms with Crippen molar-refractivity contribution >= 4 is 6.09 Å². The van der Waals surface area contributed by atoms with Gasteiger partial charge in [0.25, 0.3) is 0 Å². The Balaban J connectivity index is 2.49. The zero-order valence-corrected chi connectivity index (χ0v) is 6.87. The van der Waals surface area contributed by atoms with Crippen molar-refractivity contribution < 1.29 is 9.90 Å². The summed E-state index contributed by atoms with van der Waals surface area (Å²) >= 11 is 0. The van der Waals surface area contributed by atoms with Crippen LogP contribution in [0.2, 0.25) is 0 Å². The molecule has 0 aromatic carbocycles. The van der Waals surface area contributed by atoms with Gasteiger partial charge in [0, 0.05) is 25.2 Å². The van der Waals surface area contributed by atoms with Gasteiger partial charge in [0.05, 0.1) is 0 Å². The van der Waals surface area contributed by atoms with Gasteiger partial charge in [-0.3, -0.25) is 0 Å². The van der Waals surface area contributed by atoms with E-state index in [9.17, 15) is 4.79 Å². The largest absolute Gasteiger partial charge is 0.465 e. The standard InChI is InChI=1S/C7H14N2O2/c1-5-3-9(7(10)11)4-6(2)8-5/h5-6,8H,3-4H2,1-2H3,(H,10,11). The van der Waals surface area contributed by atoms with Crippen LogP contribution in [0.25, 0.3) is 0 Å². The van der Waals surface area contributed by atoms with Crippen LogP contribution in [0, 0.1) is 0 Å². The van der Waals surface area contributed by atoms with Gasteiger partial charge >= 0.3 is 6.09 Å². The first-order chi connectivity index (χ1) is 5.09. The molecule has 0 aromatic heterocycles. The normalized spacial score (nSPS) is 32.0. The van der Waals surface area contributed by atoms with Crippen LogP contribution in [0.1, 0.15) is 13.8 Å². The third kappa shape index (κ3) is 2.08. The maximum atomic E-state index is 10.5. The molecule has 0 radical (unpaired) electrons. The minimum absolute atomic E-state index is 0.273. The summed E-state index contributed by atoms with van der Waals surface area (Å²) in [4.78, 5) is 12.0. The van der Waals surface area contributed by atoms with Crippen molar-refractivity contribution in [1.82, 2.24) is 10.2 Å². The van der Waals surface area contributed by atoms with E-state index in [1.54, 1.807) is 0 Å². The summed E-state index contributed by atoms with van der Waals surface area (Å²) in [7, 11) is 0. The van der Waals surface area contributed by atoms with Crippen LogP contribution < -0.4 is 5.32 Å². The molecule has 1 amide bonds. The third-order valence-electron chi connectivity index (χ3n) is 1.83. The van der Waals surface area contributed by atoms with Crippen molar-refractivity contribution in [3.05, 3.63) is 0 Å². The Hall–Kier alpha value is -0.770. The van der Waals surface area contributed by atoms with Crippen molar-refractivity contribution in [2.45, 2.75) is 25.9 Å². The number of nitrogens with zero attached hydrogens (tertiary/aromatic N) is 1. The number of piperazine rings is 1. The van der Waals surface area contributed by atoms with Gasteiger partial charge in [-0.15, -0.1) is 0 Å². The summed E-state index contributed by atoms with van der Waals surface area (Å²) in [5.74, 6) is 0. The first kappa shape index (κ1) is 8.33. The Kier molecular flexibility index (Phi) is 2.34. The minimum Gasteiger partial charge on any atom is -0.465 e. The monoisotopic (exact) mass is 158 g/mol. The lowest BCUT2D eigenvalue weighted by Crippen LogP contribution is -2.55. The van der Waals surface area contributed by atoms with Crippen LogP contribution in [0.15, 0.2) is 0 Å². The van der Waals surface area contributed by atoms with Crippen LogP contribution in [0.4, 0.5) is 4.79 Å². The van der Waals surface area contributed by atoms with Crippen LogP contribution in [-0.2, 0) is 0 Å². The molecule has 4 heteroatoms. The number of hydrogen-bond acceptors (Lipinski definition) is 2. The summed E-state index contributed by atoms with van der Waals surface area (Å²) in [6.45, 7) is 5.18. The SMILES string of the molecule is CC1CN(C(=O)O)CC(C)N1. The minimum atomic E-state index is -0.815. The van der Waals surface area contributed by atoms with E-state index in [0.29, 0.717) is 13.1 Å². The Morgan fingerprint density at radius 3 is 2.27 bits per heavy atom. The number of rotatable bonds is 0. The summed E-state index contributed by atoms with van der Waals surface area (Å²) in [6.07, 6.45) is -0.815. The zero-order valence-electron chi connectivity index (χ0n) is 6.87. The van der Waals surface area contributed by atoms with Crippen molar-refractivity contribution in [2.24, 2.45) is 0 Å². The first-order valence-corrected chi connectivity index (χ1v) is 3.83. The first-order valence-electron chi connectivity index (χ1n) is 3.83. The zero-order chi connectivity index (χ0) is 8.43. The van der Waals surface area contributed by atoms with Gasteiger partial charge in [-0.2, -0.15) is 0 Å². The molecule has 2 atom stereocenters. The molecule has 0 saturated carbocycles. The second kappa shape index (κ2) is 3.09. The molecule has 0 bridgehead atoms. The maximum absolute atomic E-state index is 10.5. The summed E-state index contributed by atoms with van der Waals surface area (Å²) in [5, 5.41) is 11.9. The molecular weight excluding hydrogens is 144 g/mol. The summed E-state index contributed by atoms with van der Waals surface area (Å²) < 4.78 is 0. The molecule has 1 rings (SSSR count). The highest BCUT2D eigenvalue weighted by Gasteiger charge is 2.23. The molecule has 11 heavy (non-hydrogen) atoms. The topological polar surface area (TPSA) is 52.6 Å².